The molecular weight excluding hydrogens is 192 g/mol. The van der Waals surface area contributed by atoms with Gasteiger partial charge < -0.3 is 11.1 Å². The lowest BCUT2D eigenvalue weighted by atomic mass is 10.2. The van der Waals surface area contributed by atoms with Gasteiger partial charge in [0, 0.05) is 0 Å². The van der Waals surface area contributed by atoms with Gasteiger partial charge in [-0.15, -0.1) is 10.2 Å². The maximum absolute atomic E-state index is 5.90. The molecular formula is C9H12N6. The van der Waals surface area contributed by atoms with Crippen LogP contribution in [-0.4, -0.2) is 20.6 Å². The number of H-pyrrole nitrogens is 1. The monoisotopic (exact) mass is 204 g/mol. The van der Waals surface area contributed by atoms with Crippen molar-refractivity contribution in [3.8, 4) is 0 Å². The molecule has 0 aliphatic heterocycles. The fourth-order valence-electron chi connectivity index (χ4n) is 1.27. The number of aromatic nitrogens is 4. The Morgan fingerprint density at radius 3 is 3.07 bits per heavy atom. The first-order valence-corrected chi connectivity index (χ1v) is 4.58. The highest BCUT2D eigenvalue weighted by molar-refractivity contribution is 5.69. The van der Waals surface area contributed by atoms with Gasteiger partial charge in [0.2, 0.25) is 0 Å². The lowest BCUT2D eigenvalue weighted by Gasteiger charge is -2.08. The van der Waals surface area contributed by atoms with Gasteiger partial charge >= 0.3 is 0 Å². The molecule has 0 spiro atoms. The van der Waals surface area contributed by atoms with E-state index in [-0.39, 0.29) is 0 Å². The zero-order valence-corrected chi connectivity index (χ0v) is 8.36. The molecule has 1 aromatic heterocycles. The third kappa shape index (κ3) is 2.04. The van der Waals surface area contributed by atoms with E-state index in [1.807, 2.05) is 25.1 Å². The second-order valence-corrected chi connectivity index (χ2v) is 3.22. The van der Waals surface area contributed by atoms with E-state index >= 15 is 0 Å². The van der Waals surface area contributed by atoms with Gasteiger partial charge in [-0.25, -0.2) is 0 Å². The third-order valence-electron chi connectivity index (χ3n) is 2.15. The van der Waals surface area contributed by atoms with Crippen LogP contribution in [0.2, 0.25) is 0 Å². The number of hydrogen-bond donors (Lipinski definition) is 3. The predicted octanol–water partition coefficient (Wildman–Crippen LogP) is 0.702. The van der Waals surface area contributed by atoms with Gasteiger partial charge in [0.05, 0.1) is 17.9 Å². The van der Waals surface area contributed by atoms with E-state index in [0.29, 0.717) is 12.4 Å². The lowest BCUT2D eigenvalue weighted by Crippen LogP contribution is -2.04. The number of nitrogens with two attached hydrogens (primary N) is 1. The minimum absolute atomic E-state index is 0.504. The van der Waals surface area contributed by atoms with Crippen molar-refractivity contribution in [1.82, 2.24) is 20.6 Å². The van der Waals surface area contributed by atoms with E-state index in [1.54, 1.807) is 0 Å². The van der Waals surface area contributed by atoms with Crippen molar-refractivity contribution in [3.63, 3.8) is 0 Å². The molecule has 0 saturated carbocycles. The highest BCUT2D eigenvalue weighted by Gasteiger charge is 2.02. The molecule has 6 heteroatoms. The van der Waals surface area contributed by atoms with Crippen LogP contribution in [-0.2, 0) is 6.54 Å². The Hall–Kier alpha value is -2.11. The van der Waals surface area contributed by atoms with Crippen molar-refractivity contribution in [3.05, 3.63) is 29.6 Å². The van der Waals surface area contributed by atoms with Crippen molar-refractivity contribution in [2.45, 2.75) is 13.5 Å². The van der Waals surface area contributed by atoms with Crippen LogP contribution in [0.15, 0.2) is 18.2 Å². The number of nitrogens with one attached hydrogen (secondary N) is 2. The van der Waals surface area contributed by atoms with Crippen molar-refractivity contribution in [1.29, 1.82) is 0 Å². The smallest absolute Gasteiger partial charge is 0.193 e. The molecule has 0 bridgehead atoms. The van der Waals surface area contributed by atoms with E-state index < -0.39 is 0 Å². The van der Waals surface area contributed by atoms with Gasteiger partial charge in [-0.3, -0.25) is 0 Å². The summed E-state index contributed by atoms with van der Waals surface area (Å²) in [6, 6.07) is 5.83. The van der Waals surface area contributed by atoms with Crippen LogP contribution >= 0.6 is 0 Å². The highest BCUT2D eigenvalue weighted by Crippen LogP contribution is 2.21. The molecule has 0 aliphatic carbocycles. The first kappa shape index (κ1) is 9.45. The first-order valence-electron chi connectivity index (χ1n) is 4.58. The summed E-state index contributed by atoms with van der Waals surface area (Å²) in [5.74, 6) is 0.607. The van der Waals surface area contributed by atoms with Gasteiger partial charge in [-0.2, -0.15) is 5.21 Å². The van der Waals surface area contributed by atoms with E-state index in [2.05, 4.69) is 25.9 Å². The number of nitrogens with zero attached hydrogens (tertiary/aromatic N) is 3. The van der Waals surface area contributed by atoms with Crippen LogP contribution in [0.4, 0.5) is 11.4 Å². The van der Waals surface area contributed by atoms with Crippen molar-refractivity contribution in [2.75, 3.05) is 11.1 Å². The molecule has 6 nitrogen and oxygen atoms in total. The van der Waals surface area contributed by atoms with Crippen LogP contribution in [0.5, 0.6) is 0 Å². The van der Waals surface area contributed by atoms with Crippen molar-refractivity contribution >= 4 is 11.4 Å². The Kier molecular flexibility index (Phi) is 2.49. The standard InChI is InChI=1S/C9H12N6/c1-6-3-2-4-7(9(6)10)11-5-8-12-14-15-13-8/h2-4,11H,5,10H2,1H3,(H,12,13,14,15). The minimum Gasteiger partial charge on any atom is -0.397 e. The summed E-state index contributed by atoms with van der Waals surface area (Å²) in [5.41, 5.74) is 8.58. The number of aromatic amines is 1. The number of para-hydroxylation sites is 1. The molecule has 1 aromatic carbocycles. The van der Waals surface area contributed by atoms with Gasteiger partial charge in [0.25, 0.3) is 0 Å². The Balaban J connectivity index is 2.08. The van der Waals surface area contributed by atoms with Gasteiger partial charge in [-0.1, -0.05) is 17.3 Å². The molecule has 2 rings (SSSR count). The van der Waals surface area contributed by atoms with Gasteiger partial charge in [0.1, 0.15) is 0 Å². The zero-order valence-electron chi connectivity index (χ0n) is 8.36. The zero-order chi connectivity index (χ0) is 10.7. The molecule has 0 unspecified atom stereocenters. The number of nitrogen functional groups attached to an aromatic ring is 1. The number of rotatable bonds is 3. The fraction of sp³-hybridized carbons (Fsp3) is 0.222. The summed E-state index contributed by atoms with van der Waals surface area (Å²) in [4.78, 5) is 0. The molecule has 0 saturated heterocycles. The molecule has 0 fully saturated rings. The molecule has 1 heterocycles. The normalized spacial score (nSPS) is 10.2. The van der Waals surface area contributed by atoms with E-state index in [9.17, 15) is 0 Å². The molecule has 15 heavy (non-hydrogen) atoms. The molecule has 0 amide bonds. The molecule has 4 N–H and O–H groups in total. The van der Waals surface area contributed by atoms with Gasteiger partial charge in [0.15, 0.2) is 5.82 Å². The maximum atomic E-state index is 5.90. The van der Waals surface area contributed by atoms with E-state index in [1.165, 1.54) is 0 Å². The van der Waals surface area contributed by atoms with Crippen molar-refractivity contribution < 1.29 is 0 Å². The number of aryl methyl sites for hydroxylation is 1. The molecule has 78 valence electrons. The Labute approximate surface area is 86.9 Å². The molecule has 0 atom stereocenters. The van der Waals surface area contributed by atoms with E-state index in [4.69, 9.17) is 5.73 Å². The summed E-state index contributed by atoms with van der Waals surface area (Å²) in [6.45, 7) is 2.47. The summed E-state index contributed by atoms with van der Waals surface area (Å²) >= 11 is 0. The highest BCUT2D eigenvalue weighted by atomic mass is 15.5. The average molecular weight is 204 g/mol. The minimum atomic E-state index is 0.504. The summed E-state index contributed by atoms with van der Waals surface area (Å²) in [7, 11) is 0. The maximum Gasteiger partial charge on any atom is 0.193 e. The average Bonchev–Trinajstić information content (AvgIpc) is 2.73. The molecule has 2 aromatic rings. The van der Waals surface area contributed by atoms with Crippen molar-refractivity contribution in [2.24, 2.45) is 0 Å². The number of anilines is 2. The fourth-order valence-corrected chi connectivity index (χ4v) is 1.27. The Morgan fingerprint density at radius 1 is 1.47 bits per heavy atom. The predicted molar refractivity (Wildman–Crippen MR) is 57.1 cm³/mol. The summed E-state index contributed by atoms with van der Waals surface area (Å²) < 4.78 is 0. The Bertz CT molecular complexity index is 436. The molecule has 0 radical (unpaired) electrons. The van der Waals surface area contributed by atoms with Crippen LogP contribution in [0.1, 0.15) is 11.4 Å². The van der Waals surface area contributed by atoms with Crippen LogP contribution < -0.4 is 11.1 Å². The largest absolute Gasteiger partial charge is 0.397 e. The van der Waals surface area contributed by atoms with Gasteiger partial charge in [-0.05, 0) is 18.6 Å². The summed E-state index contributed by atoms with van der Waals surface area (Å²) in [5, 5.41) is 16.7. The number of hydrogen-bond acceptors (Lipinski definition) is 5. The lowest BCUT2D eigenvalue weighted by molar-refractivity contribution is 0.881. The molecule has 0 aliphatic rings. The van der Waals surface area contributed by atoms with Crippen LogP contribution in [0.25, 0.3) is 0 Å². The van der Waals surface area contributed by atoms with E-state index in [0.717, 1.165) is 16.9 Å². The second kappa shape index (κ2) is 3.95. The summed E-state index contributed by atoms with van der Waals surface area (Å²) in [6.07, 6.45) is 0. The topological polar surface area (TPSA) is 92.5 Å². The number of benzene rings is 1. The SMILES string of the molecule is Cc1cccc(NCc2nn[nH]n2)c1N. The first-order chi connectivity index (χ1) is 7.27. The van der Waals surface area contributed by atoms with Crippen LogP contribution in [0.3, 0.4) is 0 Å². The van der Waals surface area contributed by atoms with Crippen LogP contribution in [0, 0.1) is 6.92 Å². The second-order valence-electron chi connectivity index (χ2n) is 3.22. The third-order valence-corrected chi connectivity index (χ3v) is 2.15. The quantitative estimate of drug-likeness (QED) is 0.640. The number of tetrazole rings is 1. The Morgan fingerprint density at radius 2 is 2.33 bits per heavy atom.